The van der Waals surface area contributed by atoms with Crippen molar-refractivity contribution in [1.82, 2.24) is 9.97 Å². The minimum Gasteiger partial charge on any atom is -0.424 e. The molecule has 0 aliphatic carbocycles. The lowest BCUT2D eigenvalue weighted by Crippen LogP contribution is -2.21. The van der Waals surface area contributed by atoms with Gasteiger partial charge in [0, 0.05) is 22.0 Å². The molecular formula is C14H16IN3O. The molecule has 1 unspecified atom stereocenters. The van der Waals surface area contributed by atoms with Crippen molar-refractivity contribution in [3.8, 4) is 11.8 Å². The first kappa shape index (κ1) is 14.2. The minimum absolute atomic E-state index is 0.158. The van der Waals surface area contributed by atoms with Gasteiger partial charge in [-0.1, -0.05) is 13.0 Å². The summed E-state index contributed by atoms with van der Waals surface area (Å²) < 4.78 is 6.70. The molecule has 0 aliphatic rings. The van der Waals surface area contributed by atoms with Gasteiger partial charge in [-0.2, -0.15) is 0 Å². The van der Waals surface area contributed by atoms with Gasteiger partial charge in [0.15, 0.2) is 0 Å². The molecule has 0 saturated carbocycles. The summed E-state index contributed by atoms with van der Waals surface area (Å²) >= 11 is 2.24. The van der Waals surface area contributed by atoms with E-state index in [2.05, 4.69) is 39.5 Å². The molecule has 100 valence electrons. The van der Waals surface area contributed by atoms with Crippen LogP contribution >= 0.6 is 22.6 Å². The summed E-state index contributed by atoms with van der Waals surface area (Å²) in [6, 6.07) is 8.27. The van der Waals surface area contributed by atoms with Gasteiger partial charge in [0.05, 0.1) is 0 Å². The van der Waals surface area contributed by atoms with E-state index in [0.29, 0.717) is 6.01 Å². The quantitative estimate of drug-likeness (QED) is 0.823. The second-order valence-corrected chi connectivity index (χ2v) is 5.55. The third-order valence-corrected chi connectivity index (χ3v) is 3.38. The van der Waals surface area contributed by atoms with Gasteiger partial charge >= 0.3 is 6.01 Å². The zero-order valence-electron chi connectivity index (χ0n) is 10.7. The molecule has 2 N–H and O–H groups in total. The van der Waals surface area contributed by atoms with Gasteiger partial charge < -0.3 is 10.5 Å². The second kappa shape index (κ2) is 6.81. The topological polar surface area (TPSA) is 61.0 Å². The van der Waals surface area contributed by atoms with Gasteiger partial charge in [0.2, 0.25) is 0 Å². The predicted molar refractivity (Wildman–Crippen MR) is 83.2 cm³/mol. The van der Waals surface area contributed by atoms with Crippen molar-refractivity contribution in [1.29, 1.82) is 0 Å². The average Bonchev–Trinajstić information content (AvgIpc) is 2.41. The molecule has 19 heavy (non-hydrogen) atoms. The Kier molecular flexibility index (Phi) is 5.09. The highest BCUT2D eigenvalue weighted by atomic mass is 127. The number of halogens is 1. The van der Waals surface area contributed by atoms with Crippen molar-refractivity contribution in [2.24, 2.45) is 5.73 Å². The maximum atomic E-state index is 5.90. The lowest BCUT2D eigenvalue weighted by Gasteiger charge is -2.08. The van der Waals surface area contributed by atoms with Gasteiger partial charge in [-0.25, -0.2) is 9.97 Å². The van der Waals surface area contributed by atoms with E-state index < -0.39 is 0 Å². The highest BCUT2D eigenvalue weighted by Crippen LogP contribution is 2.19. The van der Waals surface area contributed by atoms with Gasteiger partial charge in [-0.3, -0.25) is 0 Å². The summed E-state index contributed by atoms with van der Waals surface area (Å²) in [5, 5.41) is 0. The van der Waals surface area contributed by atoms with Crippen LogP contribution in [0.2, 0.25) is 0 Å². The van der Waals surface area contributed by atoms with E-state index in [1.54, 1.807) is 12.4 Å². The van der Waals surface area contributed by atoms with Crippen LogP contribution in [0, 0.1) is 3.57 Å². The Labute approximate surface area is 126 Å². The zero-order chi connectivity index (χ0) is 13.7. The first-order valence-corrected chi connectivity index (χ1v) is 7.25. The monoisotopic (exact) mass is 369 g/mol. The van der Waals surface area contributed by atoms with Crippen LogP contribution in [0.3, 0.4) is 0 Å². The molecule has 0 bridgehead atoms. The Hall–Kier alpha value is -1.21. The van der Waals surface area contributed by atoms with Crippen molar-refractivity contribution in [3.63, 3.8) is 0 Å². The summed E-state index contributed by atoms with van der Waals surface area (Å²) in [6.07, 6.45) is 5.28. The van der Waals surface area contributed by atoms with E-state index in [1.165, 1.54) is 0 Å². The van der Waals surface area contributed by atoms with Gasteiger partial charge in [-0.15, -0.1) is 0 Å². The van der Waals surface area contributed by atoms with Crippen LogP contribution in [-0.4, -0.2) is 16.0 Å². The van der Waals surface area contributed by atoms with E-state index in [4.69, 9.17) is 10.5 Å². The largest absolute Gasteiger partial charge is 0.424 e. The SMILES string of the molecule is CCC(N)Cc1cnc(Oc2cccc(I)c2)nc1. The molecule has 0 radical (unpaired) electrons. The smallest absolute Gasteiger partial charge is 0.321 e. The van der Waals surface area contributed by atoms with E-state index in [-0.39, 0.29) is 6.04 Å². The van der Waals surface area contributed by atoms with E-state index in [9.17, 15) is 0 Å². The third-order valence-electron chi connectivity index (χ3n) is 2.71. The molecule has 0 saturated heterocycles. The normalized spacial score (nSPS) is 12.2. The van der Waals surface area contributed by atoms with Crippen LogP contribution in [0.5, 0.6) is 11.8 Å². The molecule has 0 amide bonds. The summed E-state index contributed by atoms with van der Waals surface area (Å²) in [6.45, 7) is 2.07. The molecule has 1 aromatic carbocycles. The van der Waals surface area contributed by atoms with Crippen LogP contribution in [0.25, 0.3) is 0 Å². The number of rotatable bonds is 5. The number of nitrogens with zero attached hydrogens (tertiary/aromatic N) is 2. The van der Waals surface area contributed by atoms with Crippen molar-refractivity contribution in [2.45, 2.75) is 25.8 Å². The fourth-order valence-corrected chi connectivity index (χ4v) is 2.10. The van der Waals surface area contributed by atoms with Crippen LogP contribution in [0.1, 0.15) is 18.9 Å². The molecular weight excluding hydrogens is 353 g/mol. The van der Waals surface area contributed by atoms with Gasteiger partial charge in [0.25, 0.3) is 0 Å². The molecule has 5 heteroatoms. The lowest BCUT2D eigenvalue weighted by atomic mass is 10.1. The molecule has 1 atom stereocenters. The fraction of sp³-hybridized carbons (Fsp3) is 0.286. The number of nitrogens with two attached hydrogens (primary N) is 1. The molecule has 4 nitrogen and oxygen atoms in total. The van der Waals surface area contributed by atoms with Crippen molar-refractivity contribution in [3.05, 3.63) is 45.8 Å². The molecule has 1 heterocycles. The van der Waals surface area contributed by atoms with E-state index in [1.807, 2.05) is 24.3 Å². The number of hydrogen-bond acceptors (Lipinski definition) is 4. The highest BCUT2D eigenvalue weighted by Gasteiger charge is 2.04. The van der Waals surface area contributed by atoms with Crippen molar-refractivity contribution < 1.29 is 4.74 Å². The summed E-state index contributed by atoms with van der Waals surface area (Å²) in [5.74, 6) is 0.741. The van der Waals surface area contributed by atoms with Crippen LogP contribution in [0.4, 0.5) is 0 Å². The number of aromatic nitrogens is 2. The van der Waals surface area contributed by atoms with E-state index in [0.717, 1.165) is 27.7 Å². The molecule has 2 aromatic rings. The zero-order valence-corrected chi connectivity index (χ0v) is 12.9. The predicted octanol–water partition coefficient (Wildman–Crippen LogP) is 3.15. The molecule has 0 fully saturated rings. The maximum absolute atomic E-state index is 5.90. The highest BCUT2D eigenvalue weighted by molar-refractivity contribution is 14.1. The van der Waals surface area contributed by atoms with E-state index >= 15 is 0 Å². The Bertz CT molecular complexity index is 530. The molecule has 0 spiro atoms. The van der Waals surface area contributed by atoms with Crippen LogP contribution in [-0.2, 0) is 6.42 Å². The maximum Gasteiger partial charge on any atom is 0.321 e. The Morgan fingerprint density at radius 3 is 2.68 bits per heavy atom. The Morgan fingerprint density at radius 2 is 2.05 bits per heavy atom. The minimum atomic E-state index is 0.158. The molecule has 2 rings (SSSR count). The first-order valence-electron chi connectivity index (χ1n) is 6.17. The van der Waals surface area contributed by atoms with Crippen molar-refractivity contribution >= 4 is 22.6 Å². The average molecular weight is 369 g/mol. The van der Waals surface area contributed by atoms with Crippen molar-refractivity contribution in [2.75, 3.05) is 0 Å². The Morgan fingerprint density at radius 1 is 1.32 bits per heavy atom. The molecule has 0 aliphatic heterocycles. The lowest BCUT2D eigenvalue weighted by molar-refractivity contribution is 0.440. The second-order valence-electron chi connectivity index (χ2n) is 4.31. The fourth-order valence-electron chi connectivity index (χ4n) is 1.58. The number of benzene rings is 1. The summed E-state index contributed by atoms with van der Waals surface area (Å²) in [5.41, 5.74) is 6.93. The summed E-state index contributed by atoms with van der Waals surface area (Å²) in [4.78, 5) is 8.40. The number of ether oxygens (including phenoxy) is 1. The van der Waals surface area contributed by atoms with Gasteiger partial charge in [-0.05, 0) is 59.2 Å². The van der Waals surface area contributed by atoms with Gasteiger partial charge in [0.1, 0.15) is 5.75 Å². The van der Waals surface area contributed by atoms with Crippen LogP contribution < -0.4 is 10.5 Å². The number of hydrogen-bond donors (Lipinski definition) is 1. The molecule has 1 aromatic heterocycles. The Balaban J connectivity index is 2.02. The standard InChI is InChI=1S/C14H16IN3O/c1-2-12(16)6-10-8-17-14(18-9-10)19-13-5-3-4-11(15)7-13/h3-5,7-9,12H,2,6,16H2,1H3. The van der Waals surface area contributed by atoms with Crippen LogP contribution in [0.15, 0.2) is 36.7 Å². The third kappa shape index (κ3) is 4.43. The first-order chi connectivity index (χ1) is 9.17. The summed E-state index contributed by atoms with van der Waals surface area (Å²) in [7, 11) is 0.